The quantitative estimate of drug-likeness (QED) is 0.399. The second-order valence-electron chi connectivity index (χ2n) is 9.43. The first-order valence-electron chi connectivity index (χ1n) is 12.1. The van der Waals surface area contributed by atoms with E-state index in [-0.39, 0.29) is 17.7 Å². The van der Waals surface area contributed by atoms with E-state index < -0.39 is 11.6 Å². The molecular formula is C28H27F2N5O. The maximum Gasteiger partial charge on any atom is 0.267 e. The zero-order chi connectivity index (χ0) is 25.1. The molecule has 0 amide bonds. The van der Waals surface area contributed by atoms with Gasteiger partial charge < -0.3 is 4.90 Å². The first-order chi connectivity index (χ1) is 17.4. The monoisotopic (exact) mass is 487 g/mol. The van der Waals surface area contributed by atoms with E-state index in [1.165, 1.54) is 41.8 Å². The predicted octanol–water partition coefficient (Wildman–Crippen LogP) is 4.58. The first kappa shape index (κ1) is 23.9. The highest BCUT2D eigenvalue weighted by atomic mass is 19.1. The Bertz CT molecular complexity index is 1390. The van der Waals surface area contributed by atoms with Crippen LogP contribution in [0.2, 0.25) is 0 Å². The molecule has 0 radical (unpaired) electrons. The minimum atomic E-state index is -0.698. The molecule has 4 aromatic rings. The molecule has 0 unspecified atom stereocenters. The molecule has 3 heterocycles. The summed E-state index contributed by atoms with van der Waals surface area (Å²) in [4.78, 5) is 14.8. The van der Waals surface area contributed by atoms with Crippen LogP contribution in [0.1, 0.15) is 24.1 Å². The molecule has 184 valence electrons. The van der Waals surface area contributed by atoms with E-state index in [0.29, 0.717) is 11.6 Å². The summed E-state index contributed by atoms with van der Waals surface area (Å²) in [6, 6.07) is 17.7. The van der Waals surface area contributed by atoms with E-state index in [1.54, 1.807) is 0 Å². The summed E-state index contributed by atoms with van der Waals surface area (Å²) in [6.45, 7) is 2.46. The Morgan fingerprint density at radius 1 is 0.861 bits per heavy atom. The van der Waals surface area contributed by atoms with Crippen molar-refractivity contribution in [1.82, 2.24) is 24.9 Å². The van der Waals surface area contributed by atoms with E-state index >= 15 is 0 Å². The molecule has 1 aliphatic heterocycles. The van der Waals surface area contributed by atoms with Gasteiger partial charge >= 0.3 is 0 Å². The summed E-state index contributed by atoms with van der Waals surface area (Å²) in [5.74, 6) is -0.749. The van der Waals surface area contributed by atoms with Crippen molar-refractivity contribution >= 4 is 0 Å². The summed E-state index contributed by atoms with van der Waals surface area (Å²) in [5.41, 5.74) is 3.78. The first-order valence-corrected chi connectivity index (χ1v) is 12.1. The van der Waals surface area contributed by atoms with Crippen molar-refractivity contribution in [3.8, 4) is 22.5 Å². The van der Waals surface area contributed by atoms with Crippen LogP contribution in [-0.4, -0.2) is 45.0 Å². The third kappa shape index (κ3) is 5.71. The van der Waals surface area contributed by atoms with Gasteiger partial charge in [0.25, 0.3) is 5.56 Å². The van der Waals surface area contributed by atoms with Crippen molar-refractivity contribution in [3.05, 3.63) is 100.0 Å². The van der Waals surface area contributed by atoms with Gasteiger partial charge in [0, 0.05) is 23.3 Å². The molecule has 0 aliphatic carbocycles. The van der Waals surface area contributed by atoms with Gasteiger partial charge in [-0.15, -0.1) is 0 Å². The predicted molar refractivity (Wildman–Crippen MR) is 134 cm³/mol. The fraction of sp³-hybridized carbons (Fsp3) is 0.286. The molecule has 0 saturated carbocycles. The zero-order valence-corrected chi connectivity index (χ0v) is 20.1. The van der Waals surface area contributed by atoms with Gasteiger partial charge in [-0.05, 0) is 87.3 Å². The average Bonchev–Trinajstić information content (AvgIpc) is 2.87. The van der Waals surface area contributed by atoms with Gasteiger partial charge in [0.15, 0.2) is 0 Å². The van der Waals surface area contributed by atoms with E-state index in [1.807, 2.05) is 36.4 Å². The molecule has 2 aromatic heterocycles. The second-order valence-corrected chi connectivity index (χ2v) is 9.43. The lowest BCUT2D eigenvalue weighted by Gasteiger charge is -2.28. The summed E-state index contributed by atoms with van der Waals surface area (Å²) in [6.07, 6.45) is 3.32. The second kappa shape index (κ2) is 10.5. The van der Waals surface area contributed by atoms with Gasteiger partial charge in [-0.2, -0.15) is 15.3 Å². The highest BCUT2D eigenvalue weighted by molar-refractivity contribution is 5.60. The molecule has 6 nitrogen and oxygen atoms in total. The van der Waals surface area contributed by atoms with Crippen LogP contribution in [0, 0.1) is 17.6 Å². The lowest BCUT2D eigenvalue weighted by molar-refractivity contribution is 0.218. The standard InChI is InChI=1S/C28H27F2N5O/c1-34-11-9-19(10-12-34)14-25-5-6-26(32-31-25)21-4-2-3-20(13-21)18-35-28(36)8-7-27(33-35)22-15-23(29)17-24(30)16-22/h2-8,13,15-17,19H,9-12,14,18H2,1H3. The molecule has 0 spiro atoms. The summed E-state index contributed by atoms with van der Waals surface area (Å²) < 4.78 is 28.6. The molecule has 1 saturated heterocycles. The average molecular weight is 488 g/mol. The Hall–Kier alpha value is -3.78. The Morgan fingerprint density at radius 2 is 1.61 bits per heavy atom. The highest BCUT2D eigenvalue weighted by Gasteiger charge is 2.18. The van der Waals surface area contributed by atoms with Crippen LogP contribution in [0.4, 0.5) is 8.78 Å². The van der Waals surface area contributed by atoms with Crippen molar-refractivity contribution in [2.75, 3.05) is 20.1 Å². The summed E-state index contributed by atoms with van der Waals surface area (Å²) >= 11 is 0. The van der Waals surface area contributed by atoms with Gasteiger partial charge in [-0.3, -0.25) is 4.79 Å². The number of aromatic nitrogens is 4. The Balaban J connectivity index is 1.32. The van der Waals surface area contributed by atoms with Crippen LogP contribution in [0.5, 0.6) is 0 Å². The van der Waals surface area contributed by atoms with Crippen LogP contribution in [0.3, 0.4) is 0 Å². The maximum atomic E-state index is 13.7. The van der Waals surface area contributed by atoms with Crippen LogP contribution in [0.25, 0.3) is 22.5 Å². The Labute approximate surface area is 208 Å². The number of piperidine rings is 1. The Kier molecular flexibility index (Phi) is 6.95. The van der Waals surface area contributed by atoms with E-state index in [2.05, 4.69) is 27.2 Å². The highest BCUT2D eigenvalue weighted by Crippen LogP contribution is 2.23. The molecule has 0 bridgehead atoms. The van der Waals surface area contributed by atoms with E-state index in [9.17, 15) is 13.6 Å². The van der Waals surface area contributed by atoms with Crippen molar-refractivity contribution in [2.45, 2.75) is 25.8 Å². The topological polar surface area (TPSA) is 63.9 Å². The van der Waals surface area contributed by atoms with Crippen molar-refractivity contribution in [2.24, 2.45) is 5.92 Å². The number of benzene rings is 2. The molecule has 5 rings (SSSR count). The SMILES string of the molecule is CN1CCC(Cc2ccc(-c3cccc(Cn4nc(-c5cc(F)cc(F)c5)ccc4=O)c3)nn2)CC1. The smallest absolute Gasteiger partial charge is 0.267 e. The van der Waals surface area contributed by atoms with Crippen LogP contribution in [0.15, 0.2) is 71.5 Å². The van der Waals surface area contributed by atoms with Gasteiger partial charge in [0.2, 0.25) is 0 Å². The maximum absolute atomic E-state index is 13.7. The fourth-order valence-corrected chi connectivity index (χ4v) is 4.60. The Morgan fingerprint density at radius 3 is 2.33 bits per heavy atom. The lowest BCUT2D eigenvalue weighted by atomic mass is 9.92. The van der Waals surface area contributed by atoms with Crippen LogP contribution >= 0.6 is 0 Å². The number of rotatable bonds is 6. The lowest BCUT2D eigenvalue weighted by Crippen LogP contribution is -2.31. The van der Waals surface area contributed by atoms with E-state index in [0.717, 1.165) is 48.1 Å². The molecule has 1 aliphatic rings. The molecule has 2 aromatic carbocycles. The molecule has 0 N–H and O–H groups in total. The third-order valence-corrected chi connectivity index (χ3v) is 6.64. The van der Waals surface area contributed by atoms with Gasteiger partial charge in [0.05, 0.1) is 23.6 Å². The molecular weight excluding hydrogens is 460 g/mol. The van der Waals surface area contributed by atoms with Crippen molar-refractivity contribution < 1.29 is 8.78 Å². The summed E-state index contributed by atoms with van der Waals surface area (Å²) in [5, 5.41) is 13.2. The minimum Gasteiger partial charge on any atom is -0.306 e. The van der Waals surface area contributed by atoms with Crippen molar-refractivity contribution in [1.29, 1.82) is 0 Å². The van der Waals surface area contributed by atoms with Gasteiger partial charge in [-0.25, -0.2) is 13.5 Å². The normalized spacial score (nSPS) is 14.8. The number of hydrogen-bond acceptors (Lipinski definition) is 5. The van der Waals surface area contributed by atoms with Crippen LogP contribution < -0.4 is 5.56 Å². The summed E-state index contributed by atoms with van der Waals surface area (Å²) in [7, 11) is 2.16. The molecule has 1 fully saturated rings. The number of nitrogens with zero attached hydrogens (tertiary/aromatic N) is 5. The van der Waals surface area contributed by atoms with E-state index in [4.69, 9.17) is 0 Å². The van der Waals surface area contributed by atoms with Crippen molar-refractivity contribution in [3.63, 3.8) is 0 Å². The van der Waals surface area contributed by atoms with Gasteiger partial charge in [-0.1, -0.05) is 18.2 Å². The number of halogens is 2. The zero-order valence-electron chi connectivity index (χ0n) is 20.1. The number of likely N-dealkylation sites (tertiary alicyclic amines) is 1. The molecule has 8 heteroatoms. The third-order valence-electron chi connectivity index (χ3n) is 6.64. The number of hydrogen-bond donors (Lipinski definition) is 0. The fourth-order valence-electron chi connectivity index (χ4n) is 4.60. The molecule has 36 heavy (non-hydrogen) atoms. The molecule has 0 atom stereocenters. The largest absolute Gasteiger partial charge is 0.306 e. The van der Waals surface area contributed by atoms with Crippen LogP contribution in [-0.2, 0) is 13.0 Å². The van der Waals surface area contributed by atoms with Gasteiger partial charge in [0.1, 0.15) is 11.6 Å². The minimum absolute atomic E-state index is 0.208.